The van der Waals surface area contributed by atoms with E-state index in [-0.39, 0.29) is 0 Å². The van der Waals surface area contributed by atoms with E-state index in [4.69, 9.17) is 20.4 Å². The Hall–Kier alpha value is -0.160. The van der Waals surface area contributed by atoms with Gasteiger partial charge >= 0.3 is 0 Å². The molecule has 0 bridgehead atoms. The molecule has 0 saturated heterocycles. The first-order valence-electron chi connectivity index (χ1n) is 9.28. The summed E-state index contributed by atoms with van der Waals surface area (Å²) in [5, 5.41) is 35.3. The van der Waals surface area contributed by atoms with Crippen molar-refractivity contribution in [2.45, 2.75) is 96.2 Å². The summed E-state index contributed by atoms with van der Waals surface area (Å²) in [7, 11) is 0. The Kier molecular flexibility index (Phi) is 17.1. The first-order chi connectivity index (χ1) is 10.7. The predicted octanol–water partition coefficient (Wildman–Crippen LogP) is 3.36. The van der Waals surface area contributed by atoms with E-state index in [2.05, 4.69) is 0 Å². The van der Waals surface area contributed by atoms with Gasteiger partial charge in [0, 0.05) is 13.2 Å². The van der Waals surface area contributed by atoms with E-state index in [1.165, 1.54) is 44.9 Å². The molecule has 0 saturated carbocycles. The molecule has 4 N–H and O–H groups in total. The lowest BCUT2D eigenvalue weighted by Gasteiger charge is -2.17. The van der Waals surface area contributed by atoms with Gasteiger partial charge in [-0.1, -0.05) is 64.2 Å². The quantitative estimate of drug-likeness (QED) is 0.245. The number of hydrogen-bond acceptors (Lipinski definition) is 4. The number of rotatable bonds is 17. The number of aliphatic hydroxyl groups is 4. The Morgan fingerprint density at radius 2 is 0.818 bits per heavy atom. The summed E-state index contributed by atoms with van der Waals surface area (Å²) in [5.74, 6) is 0.770. The first kappa shape index (κ1) is 21.8. The van der Waals surface area contributed by atoms with E-state index >= 15 is 0 Å². The van der Waals surface area contributed by atoms with Crippen molar-refractivity contribution in [2.24, 2.45) is 5.92 Å². The van der Waals surface area contributed by atoms with Gasteiger partial charge in [0.25, 0.3) is 0 Å². The maximum absolute atomic E-state index is 8.84. The van der Waals surface area contributed by atoms with Crippen LogP contribution in [0.3, 0.4) is 0 Å². The third-order valence-corrected chi connectivity index (χ3v) is 4.37. The topological polar surface area (TPSA) is 80.9 Å². The summed E-state index contributed by atoms with van der Waals surface area (Å²) in [6, 6.07) is 0. The van der Waals surface area contributed by atoms with E-state index < -0.39 is 6.29 Å². The Labute approximate surface area is 136 Å². The largest absolute Gasteiger partial charge is 0.396 e. The lowest BCUT2D eigenvalue weighted by molar-refractivity contribution is -0.0466. The van der Waals surface area contributed by atoms with Crippen molar-refractivity contribution in [1.82, 2.24) is 0 Å². The molecule has 134 valence electrons. The highest BCUT2D eigenvalue weighted by Gasteiger charge is 2.09. The second kappa shape index (κ2) is 17.2. The number of unbranched alkanes of at least 4 members (excludes halogenated alkanes) is 7. The molecule has 22 heavy (non-hydrogen) atoms. The predicted molar refractivity (Wildman–Crippen MR) is 90.5 cm³/mol. The fourth-order valence-electron chi connectivity index (χ4n) is 2.99. The molecular formula is C18H38O4. The van der Waals surface area contributed by atoms with Gasteiger partial charge in [0.15, 0.2) is 6.29 Å². The molecule has 0 aromatic carbocycles. The molecule has 1 atom stereocenters. The molecule has 0 heterocycles. The van der Waals surface area contributed by atoms with Crippen LogP contribution in [-0.4, -0.2) is 39.9 Å². The van der Waals surface area contributed by atoms with Gasteiger partial charge in [0.2, 0.25) is 0 Å². The zero-order valence-corrected chi connectivity index (χ0v) is 14.3. The Morgan fingerprint density at radius 1 is 0.455 bits per heavy atom. The Balaban J connectivity index is 3.74. The van der Waals surface area contributed by atoms with Crippen LogP contribution < -0.4 is 0 Å². The molecule has 4 nitrogen and oxygen atoms in total. The maximum atomic E-state index is 8.84. The van der Waals surface area contributed by atoms with Crippen molar-refractivity contribution in [2.75, 3.05) is 13.2 Å². The van der Waals surface area contributed by atoms with Gasteiger partial charge < -0.3 is 20.4 Å². The average Bonchev–Trinajstić information content (AvgIpc) is 2.49. The summed E-state index contributed by atoms with van der Waals surface area (Å²) >= 11 is 0. The van der Waals surface area contributed by atoms with Gasteiger partial charge in [-0.2, -0.15) is 0 Å². The Morgan fingerprint density at radius 3 is 1.27 bits per heavy atom. The lowest BCUT2D eigenvalue weighted by Crippen LogP contribution is -2.04. The van der Waals surface area contributed by atoms with E-state index in [0.717, 1.165) is 44.4 Å². The van der Waals surface area contributed by atoms with E-state index in [9.17, 15) is 0 Å². The summed E-state index contributed by atoms with van der Waals surface area (Å²) in [6.45, 7) is 0.608. The van der Waals surface area contributed by atoms with Crippen LogP contribution in [0.4, 0.5) is 0 Å². The highest BCUT2D eigenvalue weighted by Crippen LogP contribution is 2.24. The minimum Gasteiger partial charge on any atom is -0.396 e. The maximum Gasteiger partial charge on any atom is 0.151 e. The van der Waals surface area contributed by atoms with Crippen LogP contribution in [0.5, 0.6) is 0 Å². The summed E-state index contributed by atoms with van der Waals surface area (Å²) in [6.07, 6.45) is 14.0. The summed E-state index contributed by atoms with van der Waals surface area (Å²) < 4.78 is 0. The van der Waals surface area contributed by atoms with Gasteiger partial charge in [0.05, 0.1) is 0 Å². The minimum absolute atomic E-state index is 0.301. The second-order valence-corrected chi connectivity index (χ2v) is 6.48. The standard InChI is InChI=1S/C18H38O4/c19-15-9-2-1-5-11-17(13-7-4-10-16-20)12-6-3-8-14-18(21)22/h17-22H,1-16H2. The van der Waals surface area contributed by atoms with Gasteiger partial charge in [-0.15, -0.1) is 0 Å². The summed E-state index contributed by atoms with van der Waals surface area (Å²) in [5.41, 5.74) is 0. The molecular weight excluding hydrogens is 280 g/mol. The van der Waals surface area contributed by atoms with E-state index in [1.54, 1.807) is 0 Å². The van der Waals surface area contributed by atoms with E-state index in [1.807, 2.05) is 0 Å². The number of hydrogen-bond donors (Lipinski definition) is 4. The molecule has 0 rings (SSSR count). The lowest BCUT2D eigenvalue weighted by atomic mass is 9.90. The number of aliphatic hydroxyl groups excluding tert-OH is 3. The molecule has 0 fully saturated rings. The molecule has 0 amide bonds. The molecule has 0 aliphatic rings. The van der Waals surface area contributed by atoms with Crippen LogP contribution in [0, 0.1) is 5.92 Å². The van der Waals surface area contributed by atoms with Crippen molar-refractivity contribution in [1.29, 1.82) is 0 Å². The Bertz CT molecular complexity index is 209. The molecule has 0 aromatic heterocycles. The highest BCUT2D eigenvalue weighted by atomic mass is 16.5. The van der Waals surface area contributed by atoms with Crippen LogP contribution in [0.1, 0.15) is 89.9 Å². The molecule has 0 aliphatic carbocycles. The van der Waals surface area contributed by atoms with Crippen molar-refractivity contribution in [3.05, 3.63) is 0 Å². The molecule has 4 heteroatoms. The SMILES string of the molecule is OCCCCCCC(CCCCCO)CCCCCC(O)O. The van der Waals surface area contributed by atoms with Gasteiger partial charge in [-0.3, -0.25) is 0 Å². The van der Waals surface area contributed by atoms with Crippen molar-refractivity contribution >= 4 is 0 Å². The van der Waals surface area contributed by atoms with Gasteiger partial charge in [-0.05, 0) is 31.6 Å². The normalized spacial score (nSPS) is 13.0. The zero-order chi connectivity index (χ0) is 16.5. The molecule has 0 radical (unpaired) electrons. The van der Waals surface area contributed by atoms with E-state index in [0.29, 0.717) is 19.6 Å². The van der Waals surface area contributed by atoms with Crippen molar-refractivity contribution in [3.8, 4) is 0 Å². The third kappa shape index (κ3) is 16.2. The second-order valence-electron chi connectivity index (χ2n) is 6.48. The zero-order valence-electron chi connectivity index (χ0n) is 14.3. The molecule has 0 aliphatic heterocycles. The summed E-state index contributed by atoms with van der Waals surface area (Å²) in [4.78, 5) is 0. The molecule has 0 aromatic rings. The first-order valence-corrected chi connectivity index (χ1v) is 9.28. The van der Waals surface area contributed by atoms with Crippen LogP contribution in [0.15, 0.2) is 0 Å². The van der Waals surface area contributed by atoms with Crippen molar-refractivity contribution in [3.63, 3.8) is 0 Å². The van der Waals surface area contributed by atoms with Crippen LogP contribution in [0.2, 0.25) is 0 Å². The fourth-order valence-corrected chi connectivity index (χ4v) is 2.99. The van der Waals surface area contributed by atoms with Crippen LogP contribution in [0.25, 0.3) is 0 Å². The highest BCUT2D eigenvalue weighted by molar-refractivity contribution is 4.62. The molecule has 1 unspecified atom stereocenters. The minimum atomic E-state index is -1.15. The van der Waals surface area contributed by atoms with Crippen molar-refractivity contribution < 1.29 is 20.4 Å². The van der Waals surface area contributed by atoms with Crippen LogP contribution in [-0.2, 0) is 0 Å². The fraction of sp³-hybridized carbons (Fsp3) is 1.00. The third-order valence-electron chi connectivity index (χ3n) is 4.37. The average molecular weight is 318 g/mol. The monoisotopic (exact) mass is 318 g/mol. The van der Waals surface area contributed by atoms with Gasteiger partial charge in [0.1, 0.15) is 0 Å². The van der Waals surface area contributed by atoms with Crippen LogP contribution >= 0.6 is 0 Å². The smallest absolute Gasteiger partial charge is 0.151 e. The van der Waals surface area contributed by atoms with Gasteiger partial charge in [-0.25, -0.2) is 0 Å². The molecule has 0 spiro atoms.